The lowest BCUT2D eigenvalue weighted by Gasteiger charge is -1.96. The van der Waals surface area contributed by atoms with E-state index < -0.39 is 0 Å². The van der Waals surface area contributed by atoms with Crippen molar-refractivity contribution in [3.8, 4) is 6.07 Å². The first kappa shape index (κ1) is 18.9. The number of nitrogens with zero attached hydrogens (tertiary/aromatic N) is 1. The van der Waals surface area contributed by atoms with Gasteiger partial charge < -0.3 is 0 Å². The molecule has 1 nitrogen and oxygen atoms in total. The first-order valence-electron chi connectivity index (χ1n) is 6.75. The lowest BCUT2D eigenvalue weighted by Crippen LogP contribution is -1.76. The molecule has 0 aliphatic heterocycles. The smallest absolute Gasteiger partial charge is 0.0905 e. The number of benzene rings is 2. The maximum atomic E-state index is 7.51. The van der Waals surface area contributed by atoms with Crippen LogP contribution < -0.4 is 0 Å². The number of hydrogen-bond donors (Lipinski definition) is 0. The molecule has 0 radical (unpaired) electrons. The molecule has 0 heterocycles. The zero-order valence-corrected chi connectivity index (χ0v) is 12.8. The van der Waals surface area contributed by atoms with Crippen molar-refractivity contribution >= 4 is 18.2 Å². The molecule has 0 atom stereocenters. The first-order valence-corrected chi connectivity index (χ1v) is 6.75. The van der Waals surface area contributed by atoms with E-state index in [1.165, 1.54) is 11.6 Å². The molecule has 2 aromatic carbocycles. The van der Waals surface area contributed by atoms with Gasteiger partial charge in [-0.1, -0.05) is 99.1 Å². The predicted molar refractivity (Wildman–Crippen MR) is 99.0 cm³/mol. The van der Waals surface area contributed by atoms with Crippen LogP contribution in [0.4, 0.5) is 0 Å². The zero-order valence-electron chi connectivity index (χ0n) is 12.8. The summed E-state index contributed by atoms with van der Waals surface area (Å²) in [5.74, 6) is 0. The lowest BCUT2D eigenvalue weighted by molar-refractivity contribution is 1.54. The molecule has 0 spiro atoms. The highest BCUT2D eigenvalue weighted by atomic mass is 14.2. The summed E-state index contributed by atoms with van der Waals surface area (Å²) in [4.78, 5) is 0. The molecule has 1 heteroatoms. The van der Waals surface area contributed by atoms with Crippen molar-refractivity contribution in [3.63, 3.8) is 0 Å². The molecule has 0 aliphatic rings. The minimum absolute atomic E-state index is 1.14. The van der Waals surface area contributed by atoms with Crippen LogP contribution in [0.1, 0.15) is 16.7 Å². The Morgan fingerprint density at radius 3 is 1.36 bits per heavy atom. The van der Waals surface area contributed by atoms with E-state index in [1.807, 2.05) is 72.8 Å². The standard InChI is InChI=1S/C10H10.C8H8.C3H3N/c1-3-9-7-5-6-8-10(9)4-2;1-2-8-6-4-3-5-7-8;1-2-3-4/h3-8H,1-2H2;2-7H,1H2;2H,1H2. The number of allylic oxidation sites excluding steroid dienone is 1. The second-order valence-corrected chi connectivity index (χ2v) is 3.99. The Bertz CT molecular complexity index is 603. The molecule has 0 unspecified atom stereocenters. The third kappa shape index (κ3) is 8.14. The molecule has 2 rings (SSSR count). The lowest BCUT2D eigenvalue weighted by atomic mass is 10.1. The maximum absolute atomic E-state index is 7.51. The molecule has 0 amide bonds. The minimum Gasteiger partial charge on any atom is -0.193 e. The SMILES string of the molecule is C=CC#N.C=Cc1ccccc1.C=Cc1ccccc1C=C. The summed E-state index contributed by atoms with van der Waals surface area (Å²) in [6.07, 6.45) is 6.67. The van der Waals surface area contributed by atoms with E-state index in [2.05, 4.69) is 26.3 Å². The average Bonchev–Trinajstić information content (AvgIpc) is 2.63. The molecule has 0 aromatic heterocycles. The van der Waals surface area contributed by atoms with Crippen LogP contribution in [-0.2, 0) is 0 Å². The Morgan fingerprint density at radius 1 is 0.682 bits per heavy atom. The Labute approximate surface area is 133 Å². The summed E-state index contributed by atoms with van der Waals surface area (Å²) in [5.41, 5.74) is 3.45. The topological polar surface area (TPSA) is 23.8 Å². The molecule has 0 aliphatic carbocycles. The molecule has 22 heavy (non-hydrogen) atoms. The van der Waals surface area contributed by atoms with Gasteiger partial charge in [0.15, 0.2) is 0 Å². The molecule has 0 saturated heterocycles. The van der Waals surface area contributed by atoms with Gasteiger partial charge >= 0.3 is 0 Å². The highest BCUT2D eigenvalue weighted by molar-refractivity contribution is 5.63. The van der Waals surface area contributed by atoms with E-state index in [4.69, 9.17) is 5.26 Å². The molecule has 0 bridgehead atoms. The van der Waals surface area contributed by atoms with Crippen molar-refractivity contribution in [3.05, 3.63) is 104 Å². The van der Waals surface area contributed by atoms with Crippen LogP contribution in [0.2, 0.25) is 0 Å². The summed E-state index contributed by atoms with van der Waals surface area (Å²) < 4.78 is 0. The van der Waals surface area contributed by atoms with Crippen LogP contribution in [0.3, 0.4) is 0 Å². The highest BCUT2D eigenvalue weighted by Gasteiger charge is 1.89. The van der Waals surface area contributed by atoms with Gasteiger partial charge in [-0.2, -0.15) is 5.26 Å². The van der Waals surface area contributed by atoms with Crippen molar-refractivity contribution in [1.29, 1.82) is 5.26 Å². The third-order valence-corrected chi connectivity index (χ3v) is 2.56. The fourth-order valence-corrected chi connectivity index (χ4v) is 1.47. The summed E-state index contributed by atoms with van der Waals surface area (Å²) in [6.45, 7) is 14.1. The third-order valence-electron chi connectivity index (χ3n) is 2.56. The van der Waals surface area contributed by atoms with Crippen molar-refractivity contribution in [2.45, 2.75) is 0 Å². The van der Waals surface area contributed by atoms with E-state index in [-0.39, 0.29) is 0 Å². The van der Waals surface area contributed by atoms with E-state index >= 15 is 0 Å². The zero-order chi connectivity index (χ0) is 16.6. The van der Waals surface area contributed by atoms with Gasteiger partial charge in [0, 0.05) is 6.08 Å². The van der Waals surface area contributed by atoms with Crippen LogP contribution in [0.15, 0.2) is 87.0 Å². The van der Waals surface area contributed by atoms with Crippen molar-refractivity contribution in [1.82, 2.24) is 0 Å². The van der Waals surface area contributed by atoms with Gasteiger partial charge in [-0.05, 0) is 16.7 Å². The second-order valence-electron chi connectivity index (χ2n) is 3.99. The minimum atomic E-state index is 1.14. The van der Waals surface area contributed by atoms with Crippen molar-refractivity contribution in [2.24, 2.45) is 0 Å². The van der Waals surface area contributed by atoms with Crippen molar-refractivity contribution in [2.75, 3.05) is 0 Å². The molecule has 2 aromatic rings. The maximum Gasteiger partial charge on any atom is 0.0905 e. The fraction of sp³-hybridized carbons (Fsp3) is 0. The van der Waals surface area contributed by atoms with Gasteiger partial charge in [-0.15, -0.1) is 0 Å². The summed E-state index contributed by atoms with van der Waals surface area (Å²) >= 11 is 0. The van der Waals surface area contributed by atoms with Gasteiger partial charge in [-0.3, -0.25) is 0 Å². The first-order chi connectivity index (χ1) is 10.7. The van der Waals surface area contributed by atoms with Gasteiger partial charge in [0.1, 0.15) is 0 Å². The van der Waals surface area contributed by atoms with Crippen LogP contribution in [-0.4, -0.2) is 0 Å². The largest absolute Gasteiger partial charge is 0.193 e. The van der Waals surface area contributed by atoms with Gasteiger partial charge in [0.2, 0.25) is 0 Å². The van der Waals surface area contributed by atoms with E-state index in [1.54, 1.807) is 6.07 Å². The summed E-state index contributed by atoms with van der Waals surface area (Å²) in [7, 11) is 0. The average molecular weight is 287 g/mol. The predicted octanol–water partition coefficient (Wildman–Crippen LogP) is 6.00. The molecule has 0 fully saturated rings. The van der Waals surface area contributed by atoms with Crippen LogP contribution >= 0.6 is 0 Å². The molecule has 0 saturated carbocycles. The second kappa shape index (κ2) is 12.9. The Hall–Kier alpha value is -3.11. The quantitative estimate of drug-likeness (QED) is 0.635. The molecule has 110 valence electrons. The van der Waals surface area contributed by atoms with Crippen molar-refractivity contribution < 1.29 is 0 Å². The Morgan fingerprint density at radius 2 is 1.09 bits per heavy atom. The number of rotatable bonds is 3. The van der Waals surface area contributed by atoms with E-state index in [0.717, 1.165) is 11.1 Å². The van der Waals surface area contributed by atoms with Crippen LogP contribution in [0.5, 0.6) is 0 Å². The van der Waals surface area contributed by atoms with Gasteiger partial charge in [0.25, 0.3) is 0 Å². The normalized spacial score (nSPS) is 7.77. The van der Waals surface area contributed by atoms with E-state index in [0.29, 0.717) is 0 Å². The van der Waals surface area contributed by atoms with Crippen LogP contribution in [0.25, 0.3) is 18.2 Å². The number of nitriles is 1. The summed E-state index contributed by atoms with van der Waals surface area (Å²) in [5, 5.41) is 7.51. The molecule has 0 N–H and O–H groups in total. The monoisotopic (exact) mass is 287 g/mol. The Balaban J connectivity index is 0.000000330. The van der Waals surface area contributed by atoms with E-state index in [9.17, 15) is 0 Å². The fourth-order valence-electron chi connectivity index (χ4n) is 1.47. The van der Waals surface area contributed by atoms with Crippen LogP contribution in [0, 0.1) is 11.3 Å². The summed E-state index contributed by atoms with van der Waals surface area (Å²) in [6, 6.07) is 19.7. The highest BCUT2D eigenvalue weighted by Crippen LogP contribution is 2.10. The number of hydrogen-bond acceptors (Lipinski definition) is 1. The Kier molecular flexibility index (Phi) is 11.1. The van der Waals surface area contributed by atoms with Gasteiger partial charge in [-0.25, -0.2) is 0 Å². The molecular weight excluding hydrogens is 266 g/mol. The van der Waals surface area contributed by atoms with Gasteiger partial charge in [0.05, 0.1) is 6.07 Å². The molecular formula is C21H21N.